The monoisotopic (exact) mass is 550 g/mol. The fraction of sp³-hybridized carbons (Fsp3) is 0.562. The summed E-state index contributed by atoms with van der Waals surface area (Å²) < 4.78 is 11.4. The maximum Gasteiger partial charge on any atom is 0.137 e. The average Bonchev–Trinajstić information content (AvgIpc) is 2.95. The van der Waals surface area contributed by atoms with Gasteiger partial charge in [-0.15, -0.1) is 0 Å². The molecule has 2 N–H and O–H groups in total. The Kier molecular flexibility index (Phi) is 15.1. The number of hydrogen-bond acceptors (Lipinski definition) is 8. The first kappa shape index (κ1) is 33.1. The van der Waals surface area contributed by atoms with Crippen LogP contribution in [0.2, 0.25) is 0 Å². The fourth-order valence-corrected chi connectivity index (χ4v) is 4.49. The Bertz CT molecular complexity index is 994. The molecule has 2 aromatic carbocycles. The number of unbranched alkanes of at least 4 members (excludes halogenated alkanes) is 3. The highest BCUT2D eigenvalue weighted by Gasteiger charge is 2.17. The Morgan fingerprint density at radius 3 is 1.38 bits per heavy atom. The van der Waals surface area contributed by atoms with Crippen LogP contribution in [0, 0.1) is 22.7 Å². The number of rotatable bonds is 19. The molecule has 2 aromatic rings. The number of nitriles is 2. The third-order valence-electron chi connectivity index (χ3n) is 6.87. The number of hydrogen-bond donors (Lipinski definition) is 2. The third kappa shape index (κ3) is 11.9. The smallest absolute Gasteiger partial charge is 0.137 e. The number of aliphatic hydroxyl groups excluding tert-OH is 2. The molecular formula is C32H46N4O4. The highest BCUT2D eigenvalue weighted by atomic mass is 16.5. The van der Waals surface area contributed by atoms with Gasteiger partial charge in [0.05, 0.1) is 11.1 Å². The van der Waals surface area contributed by atoms with Gasteiger partial charge in [-0.2, -0.15) is 10.5 Å². The van der Waals surface area contributed by atoms with E-state index in [4.69, 9.17) is 9.47 Å². The van der Waals surface area contributed by atoms with E-state index in [1.54, 1.807) is 36.4 Å². The topological polar surface area (TPSA) is 113 Å². The van der Waals surface area contributed by atoms with E-state index in [-0.39, 0.29) is 13.2 Å². The maximum absolute atomic E-state index is 10.5. The van der Waals surface area contributed by atoms with E-state index in [0.29, 0.717) is 47.8 Å². The molecule has 2 unspecified atom stereocenters. The van der Waals surface area contributed by atoms with Crippen molar-refractivity contribution >= 4 is 0 Å². The minimum absolute atomic E-state index is 0.147. The largest absolute Gasteiger partial charge is 0.489 e. The zero-order valence-electron chi connectivity index (χ0n) is 24.5. The molecule has 0 bridgehead atoms. The summed E-state index contributed by atoms with van der Waals surface area (Å²) in [4.78, 5) is 4.54. The van der Waals surface area contributed by atoms with E-state index in [2.05, 4.69) is 49.6 Å². The molecule has 40 heavy (non-hydrogen) atoms. The minimum atomic E-state index is -0.641. The molecule has 0 heterocycles. The summed E-state index contributed by atoms with van der Waals surface area (Å²) in [7, 11) is 0. The van der Waals surface area contributed by atoms with Gasteiger partial charge in [0.15, 0.2) is 0 Å². The molecule has 2 rings (SSSR count). The molecule has 0 saturated heterocycles. The fourth-order valence-electron chi connectivity index (χ4n) is 4.49. The van der Waals surface area contributed by atoms with E-state index >= 15 is 0 Å². The number of nitrogens with zero attached hydrogens (tertiary/aromatic N) is 4. The van der Waals surface area contributed by atoms with Gasteiger partial charge >= 0.3 is 0 Å². The minimum Gasteiger partial charge on any atom is -0.489 e. The SMILES string of the molecule is CC(C)N(CCCCCCN(CC(O)COc1ccccc1C#N)C(C)C)CC(O)COc1ccccc1C#N. The van der Waals surface area contributed by atoms with Crippen molar-refractivity contribution < 1.29 is 19.7 Å². The van der Waals surface area contributed by atoms with Crippen LogP contribution in [0.25, 0.3) is 0 Å². The van der Waals surface area contributed by atoms with Crippen molar-refractivity contribution in [1.82, 2.24) is 9.80 Å². The highest BCUT2D eigenvalue weighted by Crippen LogP contribution is 2.18. The van der Waals surface area contributed by atoms with Crippen molar-refractivity contribution in [1.29, 1.82) is 10.5 Å². The van der Waals surface area contributed by atoms with Gasteiger partial charge in [0.2, 0.25) is 0 Å². The summed E-state index contributed by atoms with van der Waals surface area (Å²) in [5, 5.41) is 39.5. The lowest BCUT2D eigenvalue weighted by Gasteiger charge is -2.29. The van der Waals surface area contributed by atoms with Crippen molar-refractivity contribution in [2.75, 3.05) is 39.4 Å². The van der Waals surface area contributed by atoms with E-state index in [1.807, 2.05) is 12.1 Å². The van der Waals surface area contributed by atoms with Crippen LogP contribution in [0.3, 0.4) is 0 Å². The molecule has 0 aliphatic carbocycles. The first-order valence-electron chi connectivity index (χ1n) is 14.3. The molecule has 218 valence electrons. The average molecular weight is 551 g/mol. The van der Waals surface area contributed by atoms with Gasteiger partial charge in [-0.25, -0.2) is 0 Å². The first-order valence-corrected chi connectivity index (χ1v) is 14.3. The normalized spacial score (nSPS) is 12.9. The third-order valence-corrected chi connectivity index (χ3v) is 6.87. The van der Waals surface area contributed by atoms with Gasteiger partial charge in [0.1, 0.15) is 49.1 Å². The molecular weight excluding hydrogens is 504 g/mol. The Balaban J connectivity index is 1.67. The van der Waals surface area contributed by atoms with Crippen LogP contribution in [0.5, 0.6) is 11.5 Å². The van der Waals surface area contributed by atoms with Crippen LogP contribution in [0.15, 0.2) is 48.5 Å². The lowest BCUT2D eigenvalue weighted by molar-refractivity contribution is 0.0551. The molecule has 2 atom stereocenters. The second-order valence-corrected chi connectivity index (χ2v) is 10.7. The molecule has 0 amide bonds. The summed E-state index contributed by atoms with van der Waals surface area (Å²) in [6.07, 6.45) is 2.98. The molecule has 8 nitrogen and oxygen atoms in total. The highest BCUT2D eigenvalue weighted by molar-refractivity contribution is 5.43. The predicted molar refractivity (Wildman–Crippen MR) is 157 cm³/mol. The quantitative estimate of drug-likeness (QED) is 0.244. The van der Waals surface area contributed by atoms with Gasteiger partial charge in [0, 0.05) is 25.2 Å². The standard InChI is InChI=1S/C32H46N4O4/c1-25(2)35(21-29(37)23-39-31-15-9-7-13-27(31)19-33)17-11-5-6-12-18-36(26(3)4)22-30(38)24-40-32-16-10-8-14-28(32)20-34/h7-10,13-16,25-26,29-30,37-38H,5-6,11-12,17-18,21-24H2,1-4H3. The predicted octanol–water partition coefficient (Wildman–Crippen LogP) is 4.59. The lowest BCUT2D eigenvalue weighted by Crippen LogP contribution is -2.40. The van der Waals surface area contributed by atoms with Crippen LogP contribution in [-0.2, 0) is 0 Å². The van der Waals surface area contributed by atoms with Gasteiger partial charge in [-0.05, 0) is 77.9 Å². The van der Waals surface area contributed by atoms with Crippen LogP contribution >= 0.6 is 0 Å². The zero-order chi connectivity index (χ0) is 29.3. The van der Waals surface area contributed by atoms with Gasteiger partial charge in [0.25, 0.3) is 0 Å². The van der Waals surface area contributed by atoms with Crippen LogP contribution in [0.1, 0.15) is 64.5 Å². The van der Waals surface area contributed by atoms with E-state index in [9.17, 15) is 20.7 Å². The summed E-state index contributed by atoms with van der Waals surface area (Å²) in [5.74, 6) is 1.000. The second kappa shape index (κ2) is 18.3. The van der Waals surface area contributed by atoms with Crippen molar-refractivity contribution in [3.05, 3.63) is 59.7 Å². The van der Waals surface area contributed by atoms with E-state index in [0.717, 1.165) is 38.8 Å². The Hall–Kier alpha value is -3.14. The Morgan fingerprint density at radius 1 is 0.650 bits per heavy atom. The lowest BCUT2D eigenvalue weighted by atomic mass is 10.1. The van der Waals surface area contributed by atoms with Crippen LogP contribution in [0.4, 0.5) is 0 Å². The zero-order valence-corrected chi connectivity index (χ0v) is 24.5. The molecule has 0 aromatic heterocycles. The molecule has 0 saturated carbocycles. The maximum atomic E-state index is 10.5. The van der Waals surface area contributed by atoms with Crippen LogP contribution < -0.4 is 9.47 Å². The van der Waals surface area contributed by atoms with E-state index in [1.165, 1.54) is 0 Å². The van der Waals surface area contributed by atoms with Gasteiger partial charge < -0.3 is 19.7 Å². The molecule has 0 spiro atoms. The summed E-state index contributed by atoms with van der Waals surface area (Å²) in [6, 6.07) is 19.0. The molecule has 0 aliphatic rings. The van der Waals surface area contributed by atoms with Crippen molar-refractivity contribution in [2.45, 2.75) is 77.7 Å². The molecule has 8 heteroatoms. The van der Waals surface area contributed by atoms with Gasteiger partial charge in [-0.3, -0.25) is 9.80 Å². The van der Waals surface area contributed by atoms with E-state index < -0.39 is 12.2 Å². The van der Waals surface area contributed by atoms with Crippen LogP contribution in [-0.4, -0.2) is 83.7 Å². The Labute approximate surface area is 240 Å². The summed E-state index contributed by atoms with van der Waals surface area (Å²) in [6.45, 7) is 11.7. The molecule has 0 fully saturated rings. The number of ether oxygens (including phenoxy) is 2. The first-order chi connectivity index (χ1) is 19.2. The number of para-hydroxylation sites is 2. The second-order valence-electron chi connectivity index (χ2n) is 10.7. The summed E-state index contributed by atoms with van der Waals surface area (Å²) >= 11 is 0. The Morgan fingerprint density at radius 2 is 1.02 bits per heavy atom. The number of benzene rings is 2. The van der Waals surface area contributed by atoms with Gasteiger partial charge in [-0.1, -0.05) is 37.1 Å². The molecule has 0 radical (unpaired) electrons. The van der Waals surface area contributed by atoms with Crippen molar-refractivity contribution in [2.24, 2.45) is 0 Å². The molecule has 0 aliphatic heterocycles. The van der Waals surface area contributed by atoms with Crippen molar-refractivity contribution in [3.8, 4) is 23.6 Å². The summed E-state index contributed by atoms with van der Waals surface area (Å²) in [5.41, 5.74) is 0.936. The number of aliphatic hydroxyl groups is 2. The van der Waals surface area contributed by atoms with Crippen molar-refractivity contribution in [3.63, 3.8) is 0 Å².